The normalized spacial score (nSPS) is 22.5. The van der Waals surface area contributed by atoms with Crippen LogP contribution in [0.5, 0.6) is 0 Å². The summed E-state index contributed by atoms with van der Waals surface area (Å²) in [5.41, 5.74) is 0. The quantitative estimate of drug-likeness (QED) is 0.920. The first-order valence-electron chi connectivity index (χ1n) is 5.88. The molecule has 1 fully saturated rings. The van der Waals surface area contributed by atoms with Crippen molar-refractivity contribution in [1.29, 1.82) is 0 Å². The van der Waals surface area contributed by atoms with E-state index in [1.807, 2.05) is 11.3 Å². The summed E-state index contributed by atoms with van der Waals surface area (Å²) in [7, 11) is 2.05. The van der Waals surface area contributed by atoms with Crippen molar-refractivity contribution in [2.45, 2.75) is 19.4 Å². The van der Waals surface area contributed by atoms with E-state index in [4.69, 9.17) is 0 Å². The molecule has 1 atom stereocenters. The second-order valence-corrected chi connectivity index (χ2v) is 6.44. The fourth-order valence-electron chi connectivity index (χ4n) is 2.41. The standard InChI is InChI=1S/C12H19BrN2S/c1-14-6-10-3-2-4-15(7-10)8-12-5-11(13)9-16-12/h5,9-10,14H,2-4,6-8H2,1H3. The maximum Gasteiger partial charge on any atom is 0.0328 e. The first-order valence-corrected chi connectivity index (χ1v) is 7.55. The first-order chi connectivity index (χ1) is 7.78. The van der Waals surface area contributed by atoms with Crippen LogP contribution in [0.1, 0.15) is 17.7 Å². The molecule has 16 heavy (non-hydrogen) atoms. The van der Waals surface area contributed by atoms with E-state index in [1.54, 1.807) is 0 Å². The van der Waals surface area contributed by atoms with Gasteiger partial charge < -0.3 is 5.32 Å². The van der Waals surface area contributed by atoms with Crippen LogP contribution >= 0.6 is 27.3 Å². The number of likely N-dealkylation sites (tertiary alicyclic amines) is 1. The monoisotopic (exact) mass is 302 g/mol. The van der Waals surface area contributed by atoms with Crippen molar-refractivity contribution >= 4 is 27.3 Å². The number of rotatable bonds is 4. The molecule has 1 aromatic heterocycles. The molecule has 2 rings (SSSR count). The van der Waals surface area contributed by atoms with Crippen molar-refractivity contribution in [2.24, 2.45) is 5.92 Å². The average Bonchev–Trinajstić information content (AvgIpc) is 2.65. The Hall–Kier alpha value is 0.1000. The van der Waals surface area contributed by atoms with Gasteiger partial charge in [-0.15, -0.1) is 11.3 Å². The van der Waals surface area contributed by atoms with E-state index in [1.165, 1.54) is 35.3 Å². The molecule has 1 N–H and O–H groups in total. The molecule has 1 unspecified atom stereocenters. The zero-order valence-corrected chi connectivity index (χ0v) is 12.1. The van der Waals surface area contributed by atoms with Gasteiger partial charge in [0.1, 0.15) is 0 Å². The minimum absolute atomic E-state index is 0.835. The molecule has 2 heterocycles. The fraction of sp³-hybridized carbons (Fsp3) is 0.667. The summed E-state index contributed by atoms with van der Waals surface area (Å²) in [6, 6.07) is 2.24. The number of piperidine rings is 1. The molecule has 0 radical (unpaired) electrons. The van der Waals surface area contributed by atoms with Crippen LogP contribution in [-0.4, -0.2) is 31.6 Å². The van der Waals surface area contributed by atoms with Crippen LogP contribution < -0.4 is 5.32 Å². The van der Waals surface area contributed by atoms with Crippen LogP contribution in [0.4, 0.5) is 0 Å². The Labute approximate surface area is 110 Å². The van der Waals surface area contributed by atoms with Gasteiger partial charge in [-0.1, -0.05) is 0 Å². The molecule has 0 amide bonds. The Morgan fingerprint density at radius 1 is 1.62 bits per heavy atom. The highest BCUT2D eigenvalue weighted by Crippen LogP contribution is 2.23. The summed E-state index contributed by atoms with van der Waals surface area (Å²) in [5.74, 6) is 0.835. The van der Waals surface area contributed by atoms with Crippen LogP contribution in [-0.2, 0) is 6.54 Å². The van der Waals surface area contributed by atoms with Gasteiger partial charge in [-0.2, -0.15) is 0 Å². The van der Waals surface area contributed by atoms with Crippen molar-refractivity contribution < 1.29 is 0 Å². The van der Waals surface area contributed by atoms with Crippen molar-refractivity contribution in [1.82, 2.24) is 10.2 Å². The summed E-state index contributed by atoms with van der Waals surface area (Å²) < 4.78 is 1.22. The topological polar surface area (TPSA) is 15.3 Å². The van der Waals surface area contributed by atoms with Gasteiger partial charge in [-0.25, -0.2) is 0 Å². The van der Waals surface area contributed by atoms with Gasteiger partial charge in [-0.3, -0.25) is 4.90 Å². The van der Waals surface area contributed by atoms with Crippen molar-refractivity contribution in [3.8, 4) is 0 Å². The summed E-state index contributed by atoms with van der Waals surface area (Å²) in [6.45, 7) is 4.78. The number of hydrogen-bond donors (Lipinski definition) is 1. The van der Waals surface area contributed by atoms with E-state index in [9.17, 15) is 0 Å². The van der Waals surface area contributed by atoms with Gasteiger partial charge in [0, 0.05) is 27.8 Å². The number of halogens is 1. The molecule has 1 aromatic rings. The van der Waals surface area contributed by atoms with Gasteiger partial charge in [0.05, 0.1) is 0 Å². The van der Waals surface area contributed by atoms with Gasteiger partial charge in [0.2, 0.25) is 0 Å². The molecular formula is C12H19BrN2S. The number of nitrogens with one attached hydrogen (secondary N) is 1. The SMILES string of the molecule is CNCC1CCCN(Cc2cc(Br)cs2)C1. The van der Waals surface area contributed by atoms with E-state index in [0.717, 1.165) is 19.0 Å². The van der Waals surface area contributed by atoms with Crippen LogP contribution in [0.15, 0.2) is 15.9 Å². The maximum absolute atomic E-state index is 3.52. The third-order valence-corrected chi connectivity index (χ3v) is 4.78. The van der Waals surface area contributed by atoms with Crippen molar-refractivity contribution in [3.63, 3.8) is 0 Å². The summed E-state index contributed by atoms with van der Waals surface area (Å²) in [6.07, 6.45) is 2.73. The van der Waals surface area contributed by atoms with Crippen LogP contribution in [0.25, 0.3) is 0 Å². The van der Waals surface area contributed by atoms with E-state index in [0.29, 0.717) is 0 Å². The molecule has 0 aliphatic carbocycles. The molecule has 1 aliphatic rings. The van der Waals surface area contributed by atoms with Gasteiger partial charge in [-0.05, 0) is 60.9 Å². The minimum Gasteiger partial charge on any atom is -0.319 e. The molecule has 0 saturated carbocycles. The predicted octanol–water partition coefficient (Wildman–Crippen LogP) is 2.94. The van der Waals surface area contributed by atoms with E-state index in [-0.39, 0.29) is 0 Å². The van der Waals surface area contributed by atoms with Crippen LogP contribution in [0, 0.1) is 5.92 Å². The lowest BCUT2D eigenvalue weighted by atomic mass is 9.98. The highest BCUT2D eigenvalue weighted by molar-refractivity contribution is 9.10. The predicted molar refractivity (Wildman–Crippen MR) is 73.9 cm³/mol. The third kappa shape index (κ3) is 3.55. The third-order valence-electron chi connectivity index (χ3n) is 3.10. The first kappa shape index (κ1) is 12.6. The Bertz CT molecular complexity index is 325. The van der Waals surface area contributed by atoms with Crippen molar-refractivity contribution in [3.05, 3.63) is 20.8 Å². The second kappa shape index (κ2) is 6.15. The summed E-state index contributed by atoms with van der Waals surface area (Å²) in [4.78, 5) is 4.06. The Morgan fingerprint density at radius 2 is 2.50 bits per heavy atom. The van der Waals surface area contributed by atoms with E-state index >= 15 is 0 Å². The molecule has 2 nitrogen and oxygen atoms in total. The molecule has 4 heteroatoms. The largest absolute Gasteiger partial charge is 0.319 e. The van der Waals surface area contributed by atoms with Crippen molar-refractivity contribution in [2.75, 3.05) is 26.7 Å². The van der Waals surface area contributed by atoms with Gasteiger partial charge >= 0.3 is 0 Å². The molecule has 90 valence electrons. The highest BCUT2D eigenvalue weighted by Gasteiger charge is 2.19. The zero-order chi connectivity index (χ0) is 11.4. The number of hydrogen-bond acceptors (Lipinski definition) is 3. The maximum atomic E-state index is 3.52. The lowest BCUT2D eigenvalue weighted by Gasteiger charge is -2.32. The molecule has 1 saturated heterocycles. The highest BCUT2D eigenvalue weighted by atomic mass is 79.9. The van der Waals surface area contributed by atoms with Gasteiger partial charge in [0.15, 0.2) is 0 Å². The summed E-state index contributed by atoms with van der Waals surface area (Å²) >= 11 is 5.37. The van der Waals surface area contributed by atoms with E-state index < -0.39 is 0 Å². The zero-order valence-electron chi connectivity index (χ0n) is 9.71. The molecule has 0 bridgehead atoms. The average molecular weight is 303 g/mol. The molecule has 0 aromatic carbocycles. The van der Waals surface area contributed by atoms with Gasteiger partial charge in [0.25, 0.3) is 0 Å². The van der Waals surface area contributed by atoms with Crippen LogP contribution in [0.3, 0.4) is 0 Å². The lowest BCUT2D eigenvalue weighted by Crippen LogP contribution is -2.38. The lowest BCUT2D eigenvalue weighted by molar-refractivity contribution is 0.168. The smallest absolute Gasteiger partial charge is 0.0328 e. The van der Waals surface area contributed by atoms with Crippen LogP contribution in [0.2, 0.25) is 0 Å². The second-order valence-electron chi connectivity index (χ2n) is 4.53. The molecular weight excluding hydrogens is 284 g/mol. The fourth-order valence-corrected chi connectivity index (χ4v) is 3.90. The summed E-state index contributed by atoms with van der Waals surface area (Å²) in [5, 5.41) is 5.47. The number of thiophene rings is 1. The number of nitrogens with zero attached hydrogens (tertiary/aromatic N) is 1. The minimum atomic E-state index is 0.835. The Balaban J connectivity index is 1.85. The Kier molecular flexibility index (Phi) is 4.82. The molecule has 1 aliphatic heterocycles. The van der Waals surface area contributed by atoms with E-state index in [2.05, 4.69) is 44.6 Å². The Morgan fingerprint density at radius 3 is 3.19 bits per heavy atom. The molecule has 0 spiro atoms.